The molecular formula is C18H24N4O4S. The van der Waals surface area contributed by atoms with Crippen molar-refractivity contribution in [3.8, 4) is 5.75 Å². The van der Waals surface area contributed by atoms with Crippen LogP contribution in [-0.2, 0) is 27.1 Å². The van der Waals surface area contributed by atoms with Gasteiger partial charge in [0, 0.05) is 19.2 Å². The molecule has 1 atom stereocenters. The Morgan fingerprint density at radius 1 is 1.33 bits per heavy atom. The molecule has 2 heterocycles. The Morgan fingerprint density at radius 2 is 2.15 bits per heavy atom. The number of hydrogen-bond acceptors (Lipinski definition) is 5. The van der Waals surface area contributed by atoms with E-state index in [9.17, 15) is 13.2 Å². The monoisotopic (exact) mass is 392 g/mol. The molecule has 2 aromatic rings. The smallest absolute Gasteiger partial charge is 0.246 e. The van der Waals surface area contributed by atoms with E-state index < -0.39 is 16.1 Å². The number of benzene rings is 1. The fourth-order valence-electron chi connectivity index (χ4n) is 3.25. The van der Waals surface area contributed by atoms with Gasteiger partial charge in [0.15, 0.2) is 0 Å². The second kappa shape index (κ2) is 8.10. The van der Waals surface area contributed by atoms with Crippen LogP contribution in [-0.4, -0.2) is 43.8 Å². The first-order chi connectivity index (χ1) is 12.9. The average molecular weight is 392 g/mol. The van der Waals surface area contributed by atoms with Gasteiger partial charge in [-0.1, -0.05) is 12.1 Å². The molecule has 1 aromatic heterocycles. The van der Waals surface area contributed by atoms with Crippen LogP contribution in [0.3, 0.4) is 0 Å². The van der Waals surface area contributed by atoms with Gasteiger partial charge in [0.25, 0.3) is 0 Å². The zero-order valence-electron chi connectivity index (χ0n) is 15.5. The third kappa shape index (κ3) is 4.48. The molecule has 1 amide bonds. The summed E-state index contributed by atoms with van der Waals surface area (Å²) in [6, 6.07) is 7.89. The fraction of sp³-hybridized carbons (Fsp3) is 0.444. The molecule has 0 aliphatic carbocycles. The molecule has 1 aromatic carbocycles. The largest absolute Gasteiger partial charge is 0.497 e. The summed E-state index contributed by atoms with van der Waals surface area (Å²) >= 11 is 0. The lowest BCUT2D eigenvalue weighted by Crippen LogP contribution is -2.53. The van der Waals surface area contributed by atoms with E-state index in [0.29, 0.717) is 43.1 Å². The summed E-state index contributed by atoms with van der Waals surface area (Å²) in [4.78, 5) is 14.5. The summed E-state index contributed by atoms with van der Waals surface area (Å²) in [5.41, 5.74) is 0.603. The van der Waals surface area contributed by atoms with Crippen molar-refractivity contribution in [2.45, 2.75) is 38.1 Å². The highest BCUT2D eigenvalue weighted by molar-refractivity contribution is 7.88. The molecule has 146 valence electrons. The molecule has 3 rings (SSSR count). The number of carbonyl (C=O) groups excluding carboxylic acids is 1. The van der Waals surface area contributed by atoms with Crippen LogP contribution < -0.4 is 14.4 Å². The predicted molar refractivity (Wildman–Crippen MR) is 102 cm³/mol. The number of anilines is 1. The van der Waals surface area contributed by atoms with Crippen LogP contribution in [0.2, 0.25) is 0 Å². The average Bonchev–Trinajstić information content (AvgIpc) is 3.11. The Labute approximate surface area is 159 Å². The number of nitrogens with zero attached hydrogens (tertiary/aromatic N) is 3. The van der Waals surface area contributed by atoms with Crippen molar-refractivity contribution in [3.05, 3.63) is 42.1 Å². The van der Waals surface area contributed by atoms with Gasteiger partial charge >= 0.3 is 0 Å². The normalized spacial score (nSPS) is 17.9. The zero-order chi connectivity index (χ0) is 19.4. The van der Waals surface area contributed by atoms with E-state index in [1.807, 2.05) is 6.92 Å². The fourth-order valence-corrected chi connectivity index (χ4v) is 4.60. The topological polar surface area (TPSA) is 93.5 Å². The van der Waals surface area contributed by atoms with Crippen LogP contribution in [0.15, 0.2) is 36.5 Å². The van der Waals surface area contributed by atoms with Crippen LogP contribution in [0.25, 0.3) is 0 Å². The predicted octanol–water partition coefficient (Wildman–Crippen LogP) is 1.53. The highest BCUT2D eigenvalue weighted by Gasteiger charge is 2.33. The van der Waals surface area contributed by atoms with Gasteiger partial charge in [-0.3, -0.25) is 9.69 Å². The lowest BCUT2D eigenvalue weighted by Gasteiger charge is -2.32. The number of rotatable bonds is 7. The summed E-state index contributed by atoms with van der Waals surface area (Å²) in [5.74, 6) is 0.834. The molecule has 1 fully saturated rings. The third-order valence-corrected chi connectivity index (χ3v) is 5.88. The zero-order valence-corrected chi connectivity index (χ0v) is 16.3. The highest BCUT2D eigenvalue weighted by atomic mass is 32.2. The Kier molecular flexibility index (Phi) is 5.81. The maximum absolute atomic E-state index is 12.9. The van der Waals surface area contributed by atoms with Crippen LogP contribution in [0.4, 0.5) is 5.82 Å². The molecule has 1 N–H and O–H groups in total. The first-order valence-electron chi connectivity index (χ1n) is 8.89. The van der Waals surface area contributed by atoms with Gasteiger partial charge in [-0.05, 0) is 37.5 Å². The first kappa shape index (κ1) is 19.4. The Balaban J connectivity index is 1.72. The summed E-state index contributed by atoms with van der Waals surface area (Å²) in [5, 5.41) is 4.19. The van der Waals surface area contributed by atoms with E-state index >= 15 is 0 Å². The molecule has 9 heteroatoms. The molecule has 0 saturated carbocycles. The maximum atomic E-state index is 12.9. The van der Waals surface area contributed by atoms with Gasteiger partial charge in [-0.15, -0.1) is 0 Å². The molecule has 8 nitrogen and oxygen atoms in total. The highest BCUT2D eigenvalue weighted by Crippen LogP contribution is 2.22. The van der Waals surface area contributed by atoms with Crippen molar-refractivity contribution in [2.75, 3.05) is 18.6 Å². The molecule has 1 saturated heterocycles. The Morgan fingerprint density at radius 3 is 2.89 bits per heavy atom. The van der Waals surface area contributed by atoms with E-state index in [4.69, 9.17) is 4.74 Å². The van der Waals surface area contributed by atoms with Gasteiger partial charge in [0.2, 0.25) is 15.9 Å². The second-order valence-corrected chi connectivity index (χ2v) is 8.17. The molecule has 0 bridgehead atoms. The summed E-state index contributed by atoms with van der Waals surface area (Å²) in [7, 11) is -2.15. The van der Waals surface area contributed by atoms with E-state index in [0.717, 1.165) is 0 Å². The van der Waals surface area contributed by atoms with E-state index in [1.165, 1.54) is 7.11 Å². The van der Waals surface area contributed by atoms with Crippen molar-refractivity contribution < 1.29 is 17.9 Å². The van der Waals surface area contributed by atoms with Gasteiger partial charge in [0.05, 0.1) is 19.1 Å². The van der Waals surface area contributed by atoms with E-state index in [2.05, 4.69) is 9.82 Å². The summed E-state index contributed by atoms with van der Waals surface area (Å²) in [6.07, 6.45) is 2.84. The van der Waals surface area contributed by atoms with Crippen molar-refractivity contribution in [1.29, 1.82) is 0 Å². The summed E-state index contributed by atoms with van der Waals surface area (Å²) in [6.45, 7) is 3.14. The number of carbonyl (C=O) groups is 1. The van der Waals surface area contributed by atoms with Crippen molar-refractivity contribution in [2.24, 2.45) is 0 Å². The number of aromatic nitrogens is 2. The number of methoxy groups -OCH3 is 1. The number of ether oxygens (including phenoxy) is 1. The Bertz CT molecular complexity index is 910. The minimum Gasteiger partial charge on any atom is -0.497 e. The minimum atomic E-state index is -3.68. The first-order valence-corrected chi connectivity index (χ1v) is 10.5. The van der Waals surface area contributed by atoms with Crippen molar-refractivity contribution in [3.63, 3.8) is 0 Å². The number of nitrogens with one attached hydrogen (secondary N) is 1. The number of aryl methyl sites for hydroxylation is 1. The van der Waals surface area contributed by atoms with Gasteiger partial charge < -0.3 is 4.74 Å². The summed E-state index contributed by atoms with van der Waals surface area (Å²) < 4.78 is 34.6. The SMILES string of the molecule is CCn1nccc1N1CCC[C@H](NS(=O)(=O)Cc2cccc(OC)c2)C1=O. The number of hydrogen-bond donors (Lipinski definition) is 1. The molecule has 27 heavy (non-hydrogen) atoms. The van der Waals surface area contributed by atoms with Crippen molar-refractivity contribution in [1.82, 2.24) is 14.5 Å². The lowest BCUT2D eigenvalue weighted by atomic mass is 10.1. The van der Waals surface area contributed by atoms with Gasteiger partial charge in [0.1, 0.15) is 17.6 Å². The molecule has 1 aliphatic heterocycles. The van der Waals surface area contributed by atoms with E-state index in [-0.39, 0.29) is 11.7 Å². The molecule has 0 unspecified atom stereocenters. The molecule has 0 radical (unpaired) electrons. The molecule has 0 spiro atoms. The quantitative estimate of drug-likeness (QED) is 0.771. The van der Waals surface area contributed by atoms with Gasteiger partial charge in [-0.2, -0.15) is 5.10 Å². The van der Waals surface area contributed by atoms with Crippen LogP contribution in [0.1, 0.15) is 25.3 Å². The Hall–Kier alpha value is -2.39. The van der Waals surface area contributed by atoms with Crippen LogP contribution in [0, 0.1) is 0 Å². The lowest BCUT2D eigenvalue weighted by molar-refractivity contribution is -0.121. The van der Waals surface area contributed by atoms with Gasteiger partial charge in [-0.25, -0.2) is 17.8 Å². The van der Waals surface area contributed by atoms with Crippen LogP contribution in [0.5, 0.6) is 5.75 Å². The molecular weight excluding hydrogens is 368 g/mol. The standard InChI is InChI=1S/C18H24N4O4S/c1-3-22-17(9-10-19-22)21-11-5-8-16(18(21)23)20-27(24,25)13-14-6-4-7-15(12-14)26-2/h4,6-7,9-10,12,16,20H,3,5,8,11,13H2,1-2H3/t16-/m0/s1. The van der Waals surface area contributed by atoms with Crippen LogP contribution >= 0.6 is 0 Å². The van der Waals surface area contributed by atoms with E-state index in [1.54, 1.807) is 46.1 Å². The minimum absolute atomic E-state index is 0.207. The third-order valence-electron chi connectivity index (χ3n) is 4.52. The number of amides is 1. The molecule has 1 aliphatic rings. The maximum Gasteiger partial charge on any atom is 0.246 e. The van der Waals surface area contributed by atoms with Crippen molar-refractivity contribution >= 4 is 21.7 Å². The number of piperidine rings is 1. The second-order valence-electron chi connectivity index (χ2n) is 6.42. The number of sulfonamides is 1.